The minimum absolute atomic E-state index is 0.0769. The number of likely N-dealkylation sites (tertiary alicyclic amines) is 2. The second kappa shape index (κ2) is 14.2. The first-order valence-electron chi connectivity index (χ1n) is 18.2. The second-order valence-corrected chi connectivity index (χ2v) is 15.3. The van der Waals surface area contributed by atoms with Crippen LogP contribution < -0.4 is 5.32 Å². The average Bonchev–Trinajstić information content (AvgIpc) is 3.98. The molecule has 0 amide bonds. The van der Waals surface area contributed by atoms with Gasteiger partial charge < -0.3 is 19.9 Å². The number of nitrogens with one attached hydrogen (secondary N) is 1. The van der Waals surface area contributed by atoms with Crippen LogP contribution in [0.3, 0.4) is 0 Å². The van der Waals surface area contributed by atoms with Crippen molar-refractivity contribution < 1.29 is 24.3 Å². The average molecular weight is 781 g/mol. The molecule has 280 valence electrons. The Morgan fingerprint density at radius 1 is 1.00 bits per heavy atom. The summed E-state index contributed by atoms with van der Waals surface area (Å²) in [7, 11) is 0. The molecule has 0 unspecified atom stereocenters. The number of carboxylic acid groups (broad SMARTS) is 1. The number of anilines is 2. The zero-order valence-electron chi connectivity index (χ0n) is 29.4. The van der Waals surface area contributed by atoms with E-state index in [0.29, 0.717) is 100 Å². The molecule has 0 spiro atoms. The molecule has 2 saturated heterocycles. The molecule has 0 radical (unpaired) electrons. The number of carboxylic acids is 1. The fourth-order valence-corrected chi connectivity index (χ4v) is 9.01. The number of nitro groups is 1. The van der Waals surface area contributed by atoms with Gasteiger partial charge in [-0.1, -0.05) is 47.5 Å². The van der Waals surface area contributed by atoms with Crippen LogP contribution in [0.1, 0.15) is 42.0 Å². The first-order valence-corrected chi connectivity index (χ1v) is 18.9. The number of β-amino-alcohol motifs (C(OH)–C–C–N with tert-alkyl or cyclic N) is 1. The summed E-state index contributed by atoms with van der Waals surface area (Å²) in [6.07, 6.45) is 5.72. The quantitative estimate of drug-likeness (QED) is 0.0955. The van der Waals surface area contributed by atoms with E-state index in [2.05, 4.69) is 26.2 Å². The van der Waals surface area contributed by atoms with Crippen LogP contribution in [0.5, 0.6) is 0 Å². The van der Waals surface area contributed by atoms with E-state index in [-0.39, 0.29) is 29.3 Å². The van der Waals surface area contributed by atoms with Crippen LogP contribution in [0, 0.1) is 16.0 Å². The topological polar surface area (TPSA) is 171 Å². The number of aliphatic hydroxyl groups is 1. The maximum atomic E-state index is 12.5. The number of pyridine rings is 2. The van der Waals surface area contributed by atoms with Crippen LogP contribution in [-0.4, -0.2) is 78.1 Å². The number of carbonyl (C=O) groups is 1. The summed E-state index contributed by atoms with van der Waals surface area (Å²) in [6, 6.07) is 16.6. The van der Waals surface area contributed by atoms with Gasteiger partial charge in [-0.15, -0.1) is 0 Å². The molecule has 13 nitrogen and oxygen atoms in total. The number of hydrogen-bond donors (Lipinski definition) is 3. The van der Waals surface area contributed by atoms with Crippen molar-refractivity contribution in [2.24, 2.45) is 5.92 Å². The third kappa shape index (κ3) is 6.45. The van der Waals surface area contributed by atoms with Crippen LogP contribution in [0.2, 0.25) is 10.0 Å². The minimum Gasteiger partial charge on any atom is -0.481 e. The molecular weight excluding hydrogens is 745 g/mol. The highest BCUT2D eigenvalue weighted by Crippen LogP contribution is 2.47. The fourth-order valence-electron chi connectivity index (χ4n) is 8.43. The lowest BCUT2D eigenvalue weighted by molar-refractivity contribution is -0.384. The van der Waals surface area contributed by atoms with E-state index in [1.54, 1.807) is 18.3 Å². The lowest BCUT2D eigenvalue weighted by atomic mass is 10.0. The predicted molar refractivity (Wildman–Crippen MR) is 209 cm³/mol. The van der Waals surface area contributed by atoms with Crippen molar-refractivity contribution in [2.75, 3.05) is 31.5 Å². The normalized spacial score (nSPS) is 20.1. The van der Waals surface area contributed by atoms with Crippen molar-refractivity contribution in [2.45, 2.75) is 44.4 Å². The Morgan fingerprint density at radius 2 is 1.80 bits per heavy atom. The van der Waals surface area contributed by atoms with Gasteiger partial charge in [0.05, 0.1) is 38.2 Å². The summed E-state index contributed by atoms with van der Waals surface area (Å²) in [6.45, 7) is 3.22. The van der Waals surface area contributed by atoms with Crippen LogP contribution in [0.15, 0.2) is 71.4 Å². The van der Waals surface area contributed by atoms with Gasteiger partial charge in [0.25, 0.3) is 0 Å². The SMILES string of the molecule is O=C(O)[C@@H]1CCN([C@@H]2CCc3c2cc2nc(-c4cccc(-c5cccc(Nc6nccc7cc(CN8CC[C@@H](O)C8)cnc67)c5Cl)c4Cl)oc2c3[N+](=O)[O-])C1. The number of hydrogen-bond acceptors (Lipinski definition) is 11. The summed E-state index contributed by atoms with van der Waals surface area (Å²) in [5.41, 5.74) is 5.69. The Bertz CT molecular complexity index is 2530. The summed E-state index contributed by atoms with van der Waals surface area (Å²) in [5.74, 6) is -0.609. The third-order valence-electron chi connectivity index (χ3n) is 11.1. The second-order valence-electron chi connectivity index (χ2n) is 14.5. The molecule has 55 heavy (non-hydrogen) atoms. The number of aromatic nitrogens is 3. The van der Waals surface area contributed by atoms with Gasteiger partial charge in [-0.3, -0.25) is 29.7 Å². The van der Waals surface area contributed by atoms with Gasteiger partial charge in [-0.2, -0.15) is 0 Å². The lowest BCUT2D eigenvalue weighted by Gasteiger charge is -2.24. The fraction of sp³-hybridized carbons (Fsp3) is 0.300. The Kier molecular flexibility index (Phi) is 9.14. The predicted octanol–water partition coefficient (Wildman–Crippen LogP) is 8.02. The van der Waals surface area contributed by atoms with Crippen LogP contribution in [0.25, 0.3) is 44.6 Å². The van der Waals surface area contributed by atoms with E-state index < -0.39 is 16.8 Å². The number of fused-ring (bicyclic) bond motifs is 3. The van der Waals surface area contributed by atoms with Gasteiger partial charge in [0.2, 0.25) is 11.5 Å². The molecular formula is C40H35Cl2N7O6. The summed E-state index contributed by atoms with van der Waals surface area (Å²) >= 11 is 14.2. The number of nitrogens with zero attached hydrogens (tertiary/aromatic N) is 6. The molecule has 9 rings (SSSR count). The van der Waals surface area contributed by atoms with Crippen molar-refractivity contribution in [3.05, 3.63) is 104 Å². The monoisotopic (exact) mass is 779 g/mol. The summed E-state index contributed by atoms with van der Waals surface area (Å²) in [5, 5.41) is 37.0. The largest absolute Gasteiger partial charge is 0.481 e. The molecule has 6 aromatic rings. The molecule has 15 heteroatoms. The van der Waals surface area contributed by atoms with Crippen LogP contribution in [0.4, 0.5) is 17.2 Å². The molecule has 1 aliphatic carbocycles. The van der Waals surface area contributed by atoms with E-state index >= 15 is 0 Å². The number of aliphatic hydroxyl groups excluding tert-OH is 1. The van der Waals surface area contributed by atoms with Crippen LogP contribution >= 0.6 is 23.2 Å². The van der Waals surface area contributed by atoms with Gasteiger partial charge in [0.15, 0.2) is 5.82 Å². The molecule has 3 aliphatic rings. The first kappa shape index (κ1) is 35.5. The van der Waals surface area contributed by atoms with Gasteiger partial charge in [-0.05, 0) is 73.7 Å². The lowest BCUT2D eigenvalue weighted by Crippen LogP contribution is -2.26. The molecule has 5 heterocycles. The Hall–Kier alpha value is -5.18. The van der Waals surface area contributed by atoms with Gasteiger partial charge in [0.1, 0.15) is 11.0 Å². The smallest absolute Gasteiger partial charge is 0.317 e. The maximum absolute atomic E-state index is 12.5. The van der Waals surface area contributed by atoms with Crippen molar-refractivity contribution in [1.82, 2.24) is 24.8 Å². The summed E-state index contributed by atoms with van der Waals surface area (Å²) < 4.78 is 6.17. The zero-order valence-corrected chi connectivity index (χ0v) is 30.9. The molecule has 3 N–H and O–H groups in total. The number of halogens is 2. The zero-order chi connectivity index (χ0) is 38.0. The Morgan fingerprint density at radius 3 is 2.56 bits per heavy atom. The standard InChI is InChI=1S/C40H35Cl2N7O6/c41-33-25(26-4-2-6-30(34(26)42)45-38-35-22(9-12-43-38)15-21(17-44-35)18-47-13-11-24(50)20-47)3-1-5-28(33)39-46-31-16-29-27(36(49(53)54)37(31)55-39)7-8-32(29)48-14-10-23(19-48)40(51)52/h1-6,9,12,15-17,23-24,32,50H,7-8,10-11,13-14,18-20H2,(H,43,45)(H,51,52)/t23-,24-,32-/m1/s1. The van der Waals surface area contributed by atoms with Crippen LogP contribution in [-0.2, 0) is 17.8 Å². The van der Waals surface area contributed by atoms with Crippen molar-refractivity contribution in [3.63, 3.8) is 0 Å². The van der Waals surface area contributed by atoms with Gasteiger partial charge in [0, 0.05) is 66.7 Å². The molecule has 3 aromatic heterocycles. The van der Waals surface area contributed by atoms with E-state index in [9.17, 15) is 25.1 Å². The van der Waals surface area contributed by atoms with E-state index in [0.717, 1.165) is 29.5 Å². The first-order chi connectivity index (χ1) is 26.6. The summed E-state index contributed by atoms with van der Waals surface area (Å²) in [4.78, 5) is 42.1. The Balaban J connectivity index is 1.02. The maximum Gasteiger partial charge on any atom is 0.317 e. The molecule has 0 saturated carbocycles. The number of nitro benzene ring substituents is 1. The molecule has 3 atom stereocenters. The van der Waals surface area contributed by atoms with E-state index in [1.807, 2.05) is 42.6 Å². The third-order valence-corrected chi connectivity index (χ3v) is 11.9. The van der Waals surface area contributed by atoms with Crippen molar-refractivity contribution in [3.8, 4) is 22.6 Å². The van der Waals surface area contributed by atoms with Crippen molar-refractivity contribution >= 4 is 68.4 Å². The number of aliphatic carboxylic acids is 1. The van der Waals surface area contributed by atoms with Gasteiger partial charge >= 0.3 is 11.7 Å². The minimum atomic E-state index is -0.823. The van der Waals surface area contributed by atoms with Crippen molar-refractivity contribution in [1.29, 1.82) is 0 Å². The Labute approximate surface area is 324 Å². The molecule has 2 fully saturated rings. The van der Waals surface area contributed by atoms with E-state index in [1.165, 1.54) is 0 Å². The molecule has 3 aromatic carbocycles. The number of rotatable bonds is 9. The molecule has 2 aliphatic heterocycles. The van der Waals surface area contributed by atoms with E-state index in [4.69, 9.17) is 37.6 Å². The highest BCUT2D eigenvalue weighted by atomic mass is 35.5. The number of benzene rings is 3. The van der Waals surface area contributed by atoms with Gasteiger partial charge in [-0.25, -0.2) is 9.97 Å². The number of oxazole rings is 1. The highest BCUT2D eigenvalue weighted by molar-refractivity contribution is 6.39. The molecule has 0 bridgehead atoms. The highest BCUT2D eigenvalue weighted by Gasteiger charge is 2.40.